The first-order valence-electron chi connectivity index (χ1n) is 4.75. The molecule has 0 saturated heterocycles. The molecule has 0 fully saturated rings. The zero-order valence-corrected chi connectivity index (χ0v) is 11.6. The Morgan fingerprint density at radius 1 is 1.29 bits per heavy atom. The molecule has 0 aliphatic carbocycles. The summed E-state index contributed by atoms with van der Waals surface area (Å²) in [7, 11) is 0. The van der Waals surface area contributed by atoms with Crippen LogP contribution in [0.5, 0.6) is 0 Å². The predicted molar refractivity (Wildman–Crippen MR) is 55.9 cm³/mol. The molecule has 0 aliphatic heterocycles. The Balaban J connectivity index is 3.74. The SMILES string of the molecule is CC(=O)N[C@@H](CCCC[NH][Sn])C(C)=O. The van der Waals surface area contributed by atoms with E-state index in [2.05, 4.69) is 8.86 Å². The van der Waals surface area contributed by atoms with E-state index in [4.69, 9.17) is 0 Å². The summed E-state index contributed by atoms with van der Waals surface area (Å²) in [4.78, 5) is 21.9. The van der Waals surface area contributed by atoms with E-state index in [-0.39, 0.29) is 17.7 Å². The molecule has 0 spiro atoms. The van der Waals surface area contributed by atoms with Gasteiger partial charge in [-0.1, -0.05) is 0 Å². The summed E-state index contributed by atoms with van der Waals surface area (Å²) in [5.41, 5.74) is 0. The zero-order chi connectivity index (χ0) is 11.0. The monoisotopic (exact) mass is 305 g/mol. The van der Waals surface area contributed by atoms with Gasteiger partial charge in [-0.25, -0.2) is 0 Å². The Labute approximate surface area is 98.6 Å². The fourth-order valence-corrected chi connectivity index (χ4v) is 1.69. The van der Waals surface area contributed by atoms with Crippen LogP contribution in [0.1, 0.15) is 33.1 Å². The number of hydrogen-bond acceptors (Lipinski definition) is 3. The number of amides is 1. The van der Waals surface area contributed by atoms with Gasteiger partial charge >= 0.3 is 98.6 Å². The first-order valence-corrected chi connectivity index (χ1v) is 6.17. The van der Waals surface area contributed by atoms with Crippen LogP contribution in [0.15, 0.2) is 0 Å². The van der Waals surface area contributed by atoms with Gasteiger partial charge in [0, 0.05) is 0 Å². The van der Waals surface area contributed by atoms with E-state index in [1.54, 1.807) is 0 Å². The molecule has 0 aromatic heterocycles. The fourth-order valence-electron chi connectivity index (χ4n) is 1.18. The molecular formula is C9H17N2O2Sn. The first kappa shape index (κ1) is 13.9. The second kappa shape index (κ2) is 8.23. The topological polar surface area (TPSA) is 58.2 Å². The van der Waals surface area contributed by atoms with Gasteiger partial charge in [-0.2, -0.15) is 0 Å². The van der Waals surface area contributed by atoms with Crippen LogP contribution in [-0.4, -0.2) is 47.1 Å². The van der Waals surface area contributed by atoms with Crippen molar-refractivity contribution >= 4 is 34.5 Å². The molecule has 0 saturated carbocycles. The van der Waals surface area contributed by atoms with Crippen LogP contribution in [0.3, 0.4) is 0 Å². The predicted octanol–water partition coefficient (Wildman–Crippen LogP) is -0.0765. The number of unbranched alkanes of at least 4 members (excludes halogenated alkanes) is 1. The standard InChI is InChI=1S/C9H17N2O2.Sn/c1-7(12)9(11-8(2)13)5-3-4-6-10;/h9-10H,3-6H2,1-2H3,(H,11,13);/q-1;+1/t9-;/m0./s1. The molecular weight excluding hydrogens is 287 g/mol. The normalized spacial score (nSPS) is 12.2. The maximum atomic E-state index is 11.1. The molecule has 79 valence electrons. The third kappa shape index (κ3) is 7.32. The maximum absolute atomic E-state index is 11.1. The van der Waals surface area contributed by atoms with E-state index < -0.39 is 0 Å². The van der Waals surface area contributed by atoms with Gasteiger partial charge in [-0.3, -0.25) is 0 Å². The van der Waals surface area contributed by atoms with Crippen LogP contribution in [0.4, 0.5) is 0 Å². The molecule has 0 unspecified atom stereocenters. The Kier molecular flexibility index (Phi) is 8.17. The van der Waals surface area contributed by atoms with Crippen molar-refractivity contribution in [2.24, 2.45) is 0 Å². The molecule has 3 radical (unpaired) electrons. The minimum atomic E-state index is -0.294. The van der Waals surface area contributed by atoms with Crippen LogP contribution in [0, 0.1) is 0 Å². The number of Topliss-reactive ketones (excluding diaryl/α,β-unsaturated/α-hetero) is 1. The van der Waals surface area contributed by atoms with Crippen LogP contribution < -0.4 is 8.86 Å². The first-order chi connectivity index (χ1) is 6.57. The van der Waals surface area contributed by atoms with Crippen LogP contribution in [0.25, 0.3) is 0 Å². The summed E-state index contributed by atoms with van der Waals surface area (Å²) in [6.45, 7) is 3.94. The van der Waals surface area contributed by atoms with Gasteiger partial charge in [-0.05, 0) is 0 Å². The van der Waals surface area contributed by atoms with Crippen LogP contribution in [0.2, 0.25) is 0 Å². The van der Waals surface area contributed by atoms with E-state index >= 15 is 0 Å². The third-order valence-electron chi connectivity index (χ3n) is 1.91. The van der Waals surface area contributed by atoms with Crippen molar-refractivity contribution in [1.82, 2.24) is 8.86 Å². The number of carbonyl (C=O) groups excluding carboxylic acids is 2. The van der Waals surface area contributed by atoms with Gasteiger partial charge in [0.05, 0.1) is 0 Å². The van der Waals surface area contributed by atoms with Crippen LogP contribution >= 0.6 is 0 Å². The van der Waals surface area contributed by atoms with Crippen molar-refractivity contribution in [1.29, 1.82) is 0 Å². The average Bonchev–Trinajstić information content (AvgIpc) is 2.09. The van der Waals surface area contributed by atoms with Crippen molar-refractivity contribution in [3.63, 3.8) is 0 Å². The van der Waals surface area contributed by atoms with E-state index in [0.717, 1.165) is 25.8 Å². The molecule has 0 aromatic rings. The quantitative estimate of drug-likeness (QED) is 0.511. The minimum absolute atomic E-state index is 0.0377. The van der Waals surface area contributed by atoms with E-state index in [1.165, 1.54) is 36.6 Å². The molecule has 5 heteroatoms. The third-order valence-corrected chi connectivity index (χ3v) is 2.63. The van der Waals surface area contributed by atoms with Gasteiger partial charge in [0.15, 0.2) is 0 Å². The number of nitrogens with one attached hydrogen (secondary N) is 2. The summed E-state index contributed by atoms with van der Waals surface area (Å²) < 4.78 is 3.13. The van der Waals surface area contributed by atoms with Crippen LogP contribution in [-0.2, 0) is 9.59 Å². The number of ketones is 1. The molecule has 1 amide bonds. The Hall–Kier alpha value is -0.101. The van der Waals surface area contributed by atoms with Gasteiger partial charge in [-0.15, -0.1) is 0 Å². The van der Waals surface area contributed by atoms with E-state index in [1.807, 2.05) is 0 Å². The van der Waals surface area contributed by atoms with Gasteiger partial charge in [0.25, 0.3) is 0 Å². The average molecular weight is 304 g/mol. The molecule has 0 rings (SSSR count). The Bertz CT molecular complexity index is 197. The Morgan fingerprint density at radius 3 is 2.36 bits per heavy atom. The molecule has 0 bridgehead atoms. The molecule has 14 heavy (non-hydrogen) atoms. The zero-order valence-electron chi connectivity index (χ0n) is 8.72. The van der Waals surface area contributed by atoms with Crippen molar-refractivity contribution in [3.8, 4) is 0 Å². The summed E-state index contributed by atoms with van der Waals surface area (Å²) in [5.74, 6) is -0.0978. The molecule has 0 aromatic carbocycles. The van der Waals surface area contributed by atoms with Crippen molar-refractivity contribution < 1.29 is 9.59 Å². The summed E-state index contributed by atoms with van der Waals surface area (Å²) in [6.07, 6.45) is 2.76. The van der Waals surface area contributed by atoms with E-state index in [0.29, 0.717) is 0 Å². The van der Waals surface area contributed by atoms with Crippen molar-refractivity contribution in [2.75, 3.05) is 6.54 Å². The molecule has 4 nitrogen and oxygen atoms in total. The fraction of sp³-hybridized carbons (Fsp3) is 0.778. The van der Waals surface area contributed by atoms with Gasteiger partial charge in [0.2, 0.25) is 0 Å². The molecule has 2 N–H and O–H groups in total. The van der Waals surface area contributed by atoms with Crippen molar-refractivity contribution in [3.05, 3.63) is 0 Å². The second-order valence-electron chi connectivity index (χ2n) is 3.29. The summed E-state index contributed by atoms with van der Waals surface area (Å²) in [5, 5.41) is 2.65. The number of carbonyl (C=O) groups is 2. The van der Waals surface area contributed by atoms with Gasteiger partial charge < -0.3 is 0 Å². The van der Waals surface area contributed by atoms with Crippen molar-refractivity contribution in [2.45, 2.75) is 39.2 Å². The molecule has 0 heterocycles. The van der Waals surface area contributed by atoms with E-state index in [9.17, 15) is 9.59 Å². The molecule has 0 aliphatic rings. The molecule has 1 atom stereocenters. The number of rotatable bonds is 7. The van der Waals surface area contributed by atoms with Gasteiger partial charge in [0.1, 0.15) is 0 Å². The number of hydrogen-bond donors (Lipinski definition) is 2. The summed E-state index contributed by atoms with van der Waals surface area (Å²) in [6, 6.07) is -0.294. The second-order valence-corrected chi connectivity index (χ2v) is 4.30. The summed E-state index contributed by atoms with van der Waals surface area (Å²) >= 11 is 1.32. The Morgan fingerprint density at radius 2 is 1.93 bits per heavy atom.